The number of Topliss-reactive ketones (excluding diaryl/α,β-unsaturated/α-hetero) is 1. The zero-order valence-electron chi connectivity index (χ0n) is 13.1. The number of carbonyl (C=O) groups excluding carboxylic acids is 1. The van der Waals surface area contributed by atoms with E-state index in [4.69, 9.17) is 11.6 Å². The molecule has 24 heavy (non-hydrogen) atoms. The monoisotopic (exact) mass is 334 g/mol. The van der Waals surface area contributed by atoms with E-state index in [9.17, 15) is 4.79 Å². The standard InChI is InChI=1S/C21H17ClNO/c22-19-12-9-17(10-13-19)11-14-20-8-4-5-15-23(20)16-21(24)18-6-2-1-3-7-18/h1-15H,16H2/q+1/b14-11+. The molecule has 0 bridgehead atoms. The van der Waals surface area contributed by atoms with Crippen molar-refractivity contribution in [1.29, 1.82) is 0 Å². The maximum atomic E-state index is 12.4. The molecule has 3 aromatic rings. The van der Waals surface area contributed by atoms with Gasteiger partial charge in [-0.1, -0.05) is 54.1 Å². The number of hydrogen-bond donors (Lipinski definition) is 0. The zero-order chi connectivity index (χ0) is 16.8. The number of benzene rings is 2. The number of hydrogen-bond acceptors (Lipinski definition) is 1. The molecule has 0 aliphatic heterocycles. The second-order valence-electron chi connectivity index (χ2n) is 5.43. The second-order valence-corrected chi connectivity index (χ2v) is 5.86. The molecule has 0 amide bonds. The third-order valence-electron chi connectivity index (χ3n) is 3.70. The van der Waals surface area contributed by atoms with Crippen LogP contribution < -0.4 is 4.57 Å². The Bertz CT molecular complexity index is 855. The van der Waals surface area contributed by atoms with Crippen LogP contribution in [0.1, 0.15) is 21.6 Å². The van der Waals surface area contributed by atoms with E-state index < -0.39 is 0 Å². The van der Waals surface area contributed by atoms with Crippen LogP contribution in [0, 0.1) is 0 Å². The van der Waals surface area contributed by atoms with Crippen LogP contribution in [0.2, 0.25) is 5.02 Å². The van der Waals surface area contributed by atoms with E-state index in [-0.39, 0.29) is 5.78 Å². The fourth-order valence-corrected chi connectivity index (χ4v) is 2.54. The molecule has 1 heterocycles. The highest BCUT2D eigenvalue weighted by atomic mass is 35.5. The molecule has 0 aliphatic carbocycles. The molecular weight excluding hydrogens is 318 g/mol. The van der Waals surface area contributed by atoms with Crippen molar-refractivity contribution in [3.8, 4) is 0 Å². The molecule has 0 spiro atoms. The minimum Gasteiger partial charge on any atom is -0.287 e. The first kappa shape index (κ1) is 16.2. The van der Waals surface area contributed by atoms with Gasteiger partial charge in [-0.2, -0.15) is 4.57 Å². The topological polar surface area (TPSA) is 20.9 Å². The lowest BCUT2D eigenvalue weighted by molar-refractivity contribution is -0.684. The van der Waals surface area contributed by atoms with Gasteiger partial charge in [-0.05, 0) is 29.8 Å². The average Bonchev–Trinajstić information content (AvgIpc) is 2.63. The SMILES string of the molecule is O=C(C[n+]1ccccc1/C=C/c1ccc(Cl)cc1)c1ccccc1. The largest absolute Gasteiger partial charge is 0.287 e. The predicted octanol–water partition coefficient (Wildman–Crippen LogP) is 4.68. The number of halogens is 1. The first-order valence-corrected chi connectivity index (χ1v) is 8.10. The van der Waals surface area contributed by atoms with E-state index in [1.54, 1.807) is 0 Å². The molecule has 0 atom stereocenters. The summed E-state index contributed by atoms with van der Waals surface area (Å²) in [5, 5.41) is 0.718. The highest BCUT2D eigenvalue weighted by molar-refractivity contribution is 6.30. The summed E-state index contributed by atoms with van der Waals surface area (Å²) < 4.78 is 1.95. The van der Waals surface area contributed by atoms with Gasteiger partial charge in [0.15, 0.2) is 6.20 Å². The summed E-state index contributed by atoms with van der Waals surface area (Å²) >= 11 is 5.90. The van der Waals surface area contributed by atoms with E-state index >= 15 is 0 Å². The van der Waals surface area contributed by atoms with Crippen LogP contribution in [0.25, 0.3) is 12.2 Å². The summed E-state index contributed by atoms with van der Waals surface area (Å²) in [7, 11) is 0. The van der Waals surface area contributed by atoms with Crippen molar-refractivity contribution in [1.82, 2.24) is 0 Å². The molecule has 2 aromatic carbocycles. The van der Waals surface area contributed by atoms with Crippen LogP contribution in [-0.4, -0.2) is 5.78 Å². The first-order chi connectivity index (χ1) is 11.7. The van der Waals surface area contributed by atoms with Gasteiger partial charge in [0.1, 0.15) is 0 Å². The molecule has 0 saturated carbocycles. The number of aromatic nitrogens is 1. The van der Waals surface area contributed by atoms with Crippen LogP contribution in [0.3, 0.4) is 0 Å². The van der Waals surface area contributed by atoms with E-state index in [0.717, 1.165) is 21.8 Å². The quantitative estimate of drug-likeness (QED) is 0.490. The van der Waals surface area contributed by atoms with Crippen molar-refractivity contribution in [2.75, 3.05) is 0 Å². The summed E-state index contributed by atoms with van der Waals surface area (Å²) in [6.07, 6.45) is 5.93. The van der Waals surface area contributed by atoms with Gasteiger partial charge in [-0.25, -0.2) is 0 Å². The van der Waals surface area contributed by atoms with Crippen molar-refractivity contribution < 1.29 is 9.36 Å². The van der Waals surface area contributed by atoms with E-state index in [2.05, 4.69) is 0 Å². The molecular formula is C21H17ClNO+. The average molecular weight is 335 g/mol. The van der Waals surface area contributed by atoms with Gasteiger partial charge in [0.2, 0.25) is 18.0 Å². The molecule has 3 heteroatoms. The van der Waals surface area contributed by atoms with Crippen LogP contribution in [-0.2, 0) is 6.54 Å². The molecule has 0 saturated heterocycles. The van der Waals surface area contributed by atoms with Gasteiger partial charge >= 0.3 is 0 Å². The summed E-state index contributed by atoms with van der Waals surface area (Å²) in [4.78, 5) is 12.4. The van der Waals surface area contributed by atoms with Gasteiger partial charge in [0.25, 0.3) is 0 Å². The van der Waals surface area contributed by atoms with Crippen LogP contribution >= 0.6 is 11.6 Å². The van der Waals surface area contributed by atoms with Crippen LogP contribution in [0.5, 0.6) is 0 Å². The molecule has 2 nitrogen and oxygen atoms in total. The summed E-state index contributed by atoms with van der Waals surface area (Å²) in [6.45, 7) is 0.311. The van der Waals surface area contributed by atoms with Crippen molar-refractivity contribution in [3.63, 3.8) is 0 Å². The Labute approximate surface area is 146 Å². The molecule has 1 aromatic heterocycles. The molecule has 0 N–H and O–H groups in total. The summed E-state index contributed by atoms with van der Waals surface area (Å²) in [5.41, 5.74) is 2.75. The van der Waals surface area contributed by atoms with Crippen molar-refractivity contribution in [2.24, 2.45) is 0 Å². The zero-order valence-corrected chi connectivity index (χ0v) is 13.9. The second kappa shape index (κ2) is 7.71. The highest BCUT2D eigenvalue weighted by Gasteiger charge is 2.14. The Kier molecular flexibility index (Phi) is 5.19. The van der Waals surface area contributed by atoms with E-state index in [0.29, 0.717) is 6.54 Å². The lowest BCUT2D eigenvalue weighted by Gasteiger charge is -2.01. The fourth-order valence-electron chi connectivity index (χ4n) is 2.41. The number of rotatable bonds is 5. The van der Waals surface area contributed by atoms with Gasteiger partial charge in [-0.15, -0.1) is 0 Å². The third-order valence-corrected chi connectivity index (χ3v) is 3.95. The predicted molar refractivity (Wildman–Crippen MR) is 97.8 cm³/mol. The van der Waals surface area contributed by atoms with Crippen molar-refractivity contribution in [2.45, 2.75) is 6.54 Å². The normalized spacial score (nSPS) is 10.9. The van der Waals surface area contributed by atoms with Crippen molar-refractivity contribution in [3.05, 3.63) is 101 Å². The maximum absolute atomic E-state index is 12.4. The lowest BCUT2D eigenvalue weighted by atomic mass is 10.1. The Balaban J connectivity index is 1.80. The van der Waals surface area contributed by atoms with E-state index in [1.165, 1.54) is 0 Å². The Morgan fingerprint density at radius 3 is 2.33 bits per heavy atom. The van der Waals surface area contributed by atoms with Gasteiger partial charge < -0.3 is 0 Å². The van der Waals surface area contributed by atoms with Gasteiger partial charge in [0, 0.05) is 28.8 Å². The Hall–Kier alpha value is -2.71. The first-order valence-electron chi connectivity index (χ1n) is 7.73. The number of carbonyl (C=O) groups is 1. The lowest BCUT2D eigenvalue weighted by Crippen LogP contribution is -2.40. The van der Waals surface area contributed by atoms with Crippen LogP contribution in [0.15, 0.2) is 79.0 Å². The number of pyridine rings is 1. The molecule has 3 rings (SSSR count). The smallest absolute Gasteiger partial charge is 0.227 e. The molecule has 0 fully saturated rings. The Morgan fingerprint density at radius 1 is 0.875 bits per heavy atom. The van der Waals surface area contributed by atoms with Crippen molar-refractivity contribution >= 4 is 29.5 Å². The van der Waals surface area contributed by atoms with E-state index in [1.807, 2.05) is 95.7 Å². The maximum Gasteiger partial charge on any atom is 0.227 e. The molecule has 0 radical (unpaired) electrons. The minimum atomic E-state index is 0.0907. The Morgan fingerprint density at radius 2 is 1.58 bits per heavy atom. The van der Waals surface area contributed by atoms with Gasteiger partial charge in [0.05, 0.1) is 0 Å². The minimum absolute atomic E-state index is 0.0907. The molecule has 0 aliphatic rings. The fraction of sp³-hybridized carbons (Fsp3) is 0.0476. The summed E-state index contributed by atoms with van der Waals surface area (Å²) in [5.74, 6) is 0.0907. The van der Waals surface area contributed by atoms with Crippen LogP contribution in [0.4, 0.5) is 0 Å². The summed E-state index contributed by atoms with van der Waals surface area (Å²) in [6, 6.07) is 22.9. The highest BCUT2D eigenvalue weighted by Crippen LogP contribution is 2.12. The number of ketones is 1. The third kappa shape index (κ3) is 4.18. The molecule has 118 valence electrons. The molecule has 0 unspecified atom stereocenters. The number of nitrogens with zero attached hydrogens (tertiary/aromatic N) is 1. The van der Waals surface area contributed by atoms with Gasteiger partial charge in [-0.3, -0.25) is 4.79 Å².